The maximum atomic E-state index is 13.2. The van der Waals surface area contributed by atoms with E-state index in [0.29, 0.717) is 44.5 Å². The number of benzene rings is 1. The number of likely N-dealkylation sites (tertiary alicyclic amines) is 1. The van der Waals surface area contributed by atoms with Gasteiger partial charge in [-0.05, 0) is 30.9 Å². The SMILES string of the molecule is NC(=O)C1CCN(C(=O)[C@H]2C[NH+]3CC[C@@H]2C[C@@H]3Cn2cc(COc3ccccc3)nn2)CC1. The Morgan fingerprint density at radius 3 is 2.64 bits per heavy atom. The van der Waals surface area contributed by atoms with Crippen molar-refractivity contribution in [2.75, 3.05) is 26.2 Å². The van der Waals surface area contributed by atoms with Crippen LogP contribution in [0, 0.1) is 17.8 Å². The first-order chi connectivity index (χ1) is 16.1. The van der Waals surface area contributed by atoms with Crippen molar-refractivity contribution < 1.29 is 19.2 Å². The normalized spacial score (nSPS) is 27.5. The molecule has 176 valence electrons. The lowest BCUT2D eigenvalue weighted by atomic mass is 9.74. The number of ether oxygens (including phenoxy) is 1. The highest BCUT2D eigenvalue weighted by molar-refractivity contribution is 5.80. The lowest BCUT2D eigenvalue weighted by molar-refractivity contribution is -0.945. The zero-order chi connectivity index (χ0) is 22.8. The molecule has 4 saturated heterocycles. The molecule has 4 atom stereocenters. The monoisotopic (exact) mass is 453 g/mol. The van der Waals surface area contributed by atoms with Crippen LogP contribution in [0.15, 0.2) is 36.5 Å². The molecule has 5 heterocycles. The fourth-order valence-corrected chi connectivity index (χ4v) is 5.81. The number of nitrogens with zero attached hydrogens (tertiary/aromatic N) is 4. The summed E-state index contributed by atoms with van der Waals surface area (Å²) >= 11 is 0. The zero-order valence-electron chi connectivity index (χ0n) is 18.9. The van der Waals surface area contributed by atoms with Crippen LogP contribution in [-0.2, 0) is 22.7 Å². The Kier molecular flexibility index (Phi) is 6.30. The van der Waals surface area contributed by atoms with Crippen LogP contribution in [0.5, 0.6) is 5.75 Å². The van der Waals surface area contributed by atoms with Gasteiger partial charge in [0.05, 0.1) is 31.7 Å². The highest BCUT2D eigenvalue weighted by atomic mass is 16.5. The number of fused-ring (bicyclic) bond motifs is 3. The van der Waals surface area contributed by atoms with E-state index in [1.807, 2.05) is 46.1 Å². The van der Waals surface area contributed by atoms with Gasteiger partial charge < -0.3 is 20.3 Å². The summed E-state index contributed by atoms with van der Waals surface area (Å²) in [6.45, 7) is 4.53. The number of carbonyl (C=O) groups is 2. The zero-order valence-corrected chi connectivity index (χ0v) is 18.9. The fraction of sp³-hybridized carbons (Fsp3) is 0.583. The Hall–Kier alpha value is -2.94. The Balaban J connectivity index is 1.13. The van der Waals surface area contributed by atoms with Crippen LogP contribution in [-0.4, -0.2) is 63.9 Å². The number of carbonyl (C=O) groups excluding carboxylic acids is 2. The molecule has 33 heavy (non-hydrogen) atoms. The molecule has 6 rings (SSSR count). The summed E-state index contributed by atoms with van der Waals surface area (Å²) in [5.41, 5.74) is 6.26. The second-order valence-corrected chi connectivity index (χ2v) is 9.74. The van der Waals surface area contributed by atoms with E-state index in [2.05, 4.69) is 10.3 Å². The minimum absolute atomic E-state index is 0.0822. The third-order valence-electron chi connectivity index (χ3n) is 7.70. The maximum absolute atomic E-state index is 13.2. The van der Waals surface area contributed by atoms with Gasteiger partial charge in [0, 0.05) is 31.8 Å². The number of hydrogen-bond acceptors (Lipinski definition) is 5. The predicted molar refractivity (Wildman–Crippen MR) is 120 cm³/mol. The Morgan fingerprint density at radius 2 is 1.94 bits per heavy atom. The number of para-hydroxylation sites is 1. The van der Waals surface area contributed by atoms with Gasteiger partial charge in [-0.2, -0.15) is 0 Å². The summed E-state index contributed by atoms with van der Waals surface area (Å²) in [6, 6.07) is 10.2. The van der Waals surface area contributed by atoms with E-state index >= 15 is 0 Å². The maximum Gasteiger partial charge on any atom is 0.231 e. The van der Waals surface area contributed by atoms with Crippen LogP contribution in [0.3, 0.4) is 0 Å². The molecule has 9 heteroatoms. The number of rotatable bonds is 7. The molecule has 1 aromatic carbocycles. The fourth-order valence-electron chi connectivity index (χ4n) is 5.81. The highest BCUT2D eigenvalue weighted by Gasteiger charge is 2.48. The summed E-state index contributed by atoms with van der Waals surface area (Å²) in [4.78, 5) is 28.1. The van der Waals surface area contributed by atoms with Gasteiger partial charge in [-0.15, -0.1) is 5.10 Å². The molecule has 0 spiro atoms. The van der Waals surface area contributed by atoms with E-state index < -0.39 is 0 Å². The van der Waals surface area contributed by atoms with Crippen molar-refractivity contribution in [3.8, 4) is 5.75 Å². The van der Waals surface area contributed by atoms with Crippen molar-refractivity contribution in [1.29, 1.82) is 0 Å². The summed E-state index contributed by atoms with van der Waals surface area (Å²) in [5.74, 6) is 1.31. The topological polar surface area (TPSA) is 108 Å². The Bertz CT molecular complexity index is 972. The molecule has 4 fully saturated rings. The van der Waals surface area contributed by atoms with Crippen molar-refractivity contribution in [1.82, 2.24) is 19.9 Å². The van der Waals surface area contributed by atoms with Crippen LogP contribution in [0.25, 0.3) is 0 Å². The van der Waals surface area contributed by atoms with Crippen molar-refractivity contribution in [2.24, 2.45) is 23.5 Å². The largest absolute Gasteiger partial charge is 0.487 e. The molecule has 2 bridgehead atoms. The second-order valence-electron chi connectivity index (χ2n) is 9.74. The van der Waals surface area contributed by atoms with E-state index in [9.17, 15) is 9.59 Å². The molecule has 1 unspecified atom stereocenters. The summed E-state index contributed by atoms with van der Waals surface area (Å²) < 4.78 is 7.70. The van der Waals surface area contributed by atoms with Gasteiger partial charge in [-0.1, -0.05) is 23.4 Å². The quantitative estimate of drug-likeness (QED) is 0.608. The molecule has 0 saturated carbocycles. The molecule has 2 aromatic rings. The first-order valence-corrected chi connectivity index (χ1v) is 12.1. The molecule has 4 aliphatic heterocycles. The van der Waals surface area contributed by atoms with Crippen molar-refractivity contribution >= 4 is 11.8 Å². The van der Waals surface area contributed by atoms with Crippen LogP contribution in [0.1, 0.15) is 31.4 Å². The molecule has 0 aliphatic carbocycles. The molecule has 3 N–H and O–H groups in total. The average molecular weight is 454 g/mol. The predicted octanol–water partition coefficient (Wildman–Crippen LogP) is -0.126. The number of nitrogens with two attached hydrogens (primary N) is 1. The number of primary amides is 1. The standard InChI is InChI=1S/C24H32N6O3/c25-23(31)17-6-9-28(10-7-17)24(32)22-15-29-11-8-18(22)12-20(29)14-30-13-19(26-27-30)16-33-21-4-2-1-3-5-21/h1-5,13,17-18,20,22H,6-12,14-16H2,(H2,25,31)/p+1/t18-,20-,22+/m1/s1. The minimum Gasteiger partial charge on any atom is -0.487 e. The third kappa shape index (κ3) is 4.88. The summed E-state index contributed by atoms with van der Waals surface area (Å²) in [6.07, 6.45) is 5.50. The van der Waals surface area contributed by atoms with E-state index in [-0.39, 0.29) is 23.7 Å². The number of hydrogen-bond donors (Lipinski definition) is 2. The van der Waals surface area contributed by atoms with Crippen molar-refractivity contribution in [3.05, 3.63) is 42.2 Å². The number of piperidine rings is 4. The third-order valence-corrected chi connectivity index (χ3v) is 7.70. The van der Waals surface area contributed by atoms with E-state index in [1.54, 1.807) is 0 Å². The van der Waals surface area contributed by atoms with Gasteiger partial charge in [-0.3, -0.25) is 9.59 Å². The molecular weight excluding hydrogens is 420 g/mol. The molecule has 2 amide bonds. The molecular formula is C24H33N6O3+. The van der Waals surface area contributed by atoms with Crippen molar-refractivity contribution in [3.63, 3.8) is 0 Å². The van der Waals surface area contributed by atoms with E-state index in [4.69, 9.17) is 10.5 Å². The van der Waals surface area contributed by atoms with Gasteiger partial charge in [0.25, 0.3) is 0 Å². The lowest BCUT2D eigenvalue weighted by Gasteiger charge is -2.47. The van der Waals surface area contributed by atoms with Crippen LogP contribution in [0.2, 0.25) is 0 Å². The lowest BCUT2D eigenvalue weighted by Crippen LogP contribution is -3.20. The molecule has 9 nitrogen and oxygen atoms in total. The Morgan fingerprint density at radius 1 is 1.15 bits per heavy atom. The second kappa shape index (κ2) is 9.51. The van der Waals surface area contributed by atoms with Crippen LogP contribution in [0.4, 0.5) is 0 Å². The van der Waals surface area contributed by atoms with Crippen LogP contribution >= 0.6 is 0 Å². The Labute approximate surface area is 193 Å². The smallest absolute Gasteiger partial charge is 0.231 e. The van der Waals surface area contributed by atoms with Crippen LogP contribution < -0.4 is 15.4 Å². The number of quaternary nitrogens is 1. The molecule has 0 radical (unpaired) electrons. The summed E-state index contributed by atoms with van der Waals surface area (Å²) in [5, 5.41) is 8.58. The first-order valence-electron chi connectivity index (χ1n) is 12.1. The average Bonchev–Trinajstić information content (AvgIpc) is 3.30. The van der Waals surface area contributed by atoms with Gasteiger partial charge in [0.1, 0.15) is 24.1 Å². The van der Waals surface area contributed by atoms with Gasteiger partial charge in [0.15, 0.2) is 0 Å². The van der Waals surface area contributed by atoms with Gasteiger partial charge in [-0.25, -0.2) is 4.68 Å². The minimum atomic E-state index is -0.236. The van der Waals surface area contributed by atoms with Crippen molar-refractivity contribution in [2.45, 2.75) is 44.9 Å². The van der Waals surface area contributed by atoms with Gasteiger partial charge in [0.2, 0.25) is 11.8 Å². The highest BCUT2D eigenvalue weighted by Crippen LogP contribution is 2.30. The molecule has 4 aliphatic rings. The number of nitrogens with one attached hydrogen (secondary N) is 1. The van der Waals surface area contributed by atoms with Gasteiger partial charge >= 0.3 is 0 Å². The first kappa shape index (κ1) is 21.9. The molecule has 1 aromatic heterocycles. The number of amides is 2. The van der Waals surface area contributed by atoms with E-state index in [1.165, 1.54) is 4.90 Å². The van der Waals surface area contributed by atoms with E-state index in [0.717, 1.165) is 43.9 Å². The number of aromatic nitrogens is 3. The summed E-state index contributed by atoms with van der Waals surface area (Å²) in [7, 11) is 0.